The van der Waals surface area contributed by atoms with E-state index in [0.29, 0.717) is 17.7 Å². The molecular weight excluding hydrogens is 527 g/mol. The van der Waals surface area contributed by atoms with Gasteiger partial charge in [0.25, 0.3) is 0 Å². The second kappa shape index (κ2) is 10.6. The van der Waals surface area contributed by atoms with Crippen LogP contribution in [0.4, 0.5) is 33.3 Å². The second-order valence-electron chi connectivity index (χ2n) is 9.39. The summed E-state index contributed by atoms with van der Waals surface area (Å²) in [5, 5.41) is 0. The largest absolute Gasteiger partial charge is 0.469 e. The third-order valence-electron chi connectivity index (χ3n) is 6.75. The summed E-state index contributed by atoms with van der Waals surface area (Å²) < 4.78 is 75.2. The fourth-order valence-corrected chi connectivity index (χ4v) is 4.83. The maximum absolute atomic E-state index is 15.0. The number of carbonyl (C=O) groups is 1. The van der Waals surface area contributed by atoms with Crippen molar-refractivity contribution in [1.82, 2.24) is 0 Å². The van der Waals surface area contributed by atoms with Crippen molar-refractivity contribution in [2.75, 3.05) is 12.0 Å². The molecule has 0 radical (unpaired) electrons. The molecule has 5 rings (SSSR count). The smallest absolute Gasteiger partial charge is 0.419 e. The van der Waals surface area contributed by atoms with Crippen LogP contribution in [0.3, 0.4) is 0 Å². The van der Waals surface area contributed by atoms with Crippen LogP contribution in [0.1, 0.15) is 34.7 Å². The topological polar surface area (TPSA) is 41.9 Å². The van der Waals surface area contributed by atoms with Crippen molar-refractivity contribution in [3.05, 3.63) is 119 Å². The number of methoxy groups -OCH3 is 1. The first-order chi connectivity index (χ1) is 19.1. The molecule has 0 amide bonds. The van der Waals surface area contributed by atoms with E-state index in [2.05, 4.69) is 4.99 Å². The number of benzene rings is 4. The molecule has 0 spiro atoms. The number of hydrogen-bond donors (Lipinski definition) is 0. The Bertz CT molecular complexity index is 1610. The van der Waals surface area contributed by atoms with Crippen molar-refractivity contribution in [3.8, 4) is 11.1 Å². The number of aliphatic imine (C=N–C) groups is 1. The van der Waals surface area contributed by atoms with Crippen LogP contribution in [0.5, 0.6) is 0 Å². The molecule has 4 aromatic rings. The van der Waals surface area contributed by atoms with Crippen molar-refractivity contribution >= 4 is 23.2 Å². The summed E-state index contributed by atoms with van der Waals surface area (Å²) in [7, 11) is 1.18. The maximum atomic E-state index is 15.0. The number of hydrogen-bond acceptors (Lipinski definition) is 4. The zero-order chi connectivity index (χ0) is 28.6. The lowest BCUT2D eigenvalue weighted by molar-refractivity contribution is -0.141. The standard InChI is InChI=1S/C31H23F5N2O2/c1-18-5-3-6-21(15-18)19-9-11-20(12-10-19)30-37-29-23(7-4-8-26(29)33)27(17-28(39)40-2)38(30)22-13-14-25(32)24(16-22)31(34,35)36/h3-16,27H,17H2,1-2H3. The van der Waals surface area contributed by atoms with Gasteiger partial charge in [0.15, 0.2) is 0 Å². The number of halogens is 5. The van der Waals surface area contributed by atoms with Gasteiger partial charge in [-0.05, 0) is 42.3 Å². The van der Waals surface area contributed by atoms with Crippen LogP contribution >= 0.6 is 0 Å². The van der Waals surface area contributed by atoms with Crippen LogP contribution in [0.15, 0.2) is 89.9 Å². The summed E-state index contributed by atoms with van der Waals surface area (Å²) in [5.41, 5.74) is 2.07. The molecule has 1 heterocycles. The van der Waals surface area contributed by atoms with E-state index in [1.807, 2.05) is 43.3 Å². The molecule has 4 nitrogen and oxygen atoms in total. The summed E-state index contributed by atoms with van der Waals surface area (Å²) in [6, 6.07) is 20.7. The molecule has 0 N–H and O–H groups in total. The molecule has 1 aliphatic heterocycles. The highest BCUT2D eigenvalue weighted by atomic mass is 19.4. The number of carbonyl (C=O) groups excluding carboxylic acids is 1. The highest BCUT2D eigenvalue weighted by molar-refractivity contribution is 6.13. The first-order valence-corrected chi connectivity index (χ1v) is 12.3. The Morgan fingerprint density at radius 3 is 2.25 bits per heavy atom. The SMILES string of the molecule is COC(=O)CC1c2cccc(F)c2N=C(c2ccc(-c3cccc(C)c3)cc2)N1c1ccc(F)c(C(F)(F)F)c1. The number of rotatable bonds is 5. The van der Waals surface area contributed by atoms with Gasteiger partial charge < -0.3 is 9.64 Å². The van der Waals surface area contributed by atoms with E-state index in [4.69, 9.17) is 4.74 Å². The van der Waals surface area contributed by atoms with E-state index in [1.165, 1.54) is 30.2 Å². The van der Waals surface area contributed by atoms with Crippen LogP contribution < -0.4 is 4.90 Å². The average molecular weight is 551 g/mol. The van der Waals surface area contributed by atoms with Gasteiger partial charge in [0.1, 0.15) is 23.2 Å². The lowest BCUT2D eigenvalue weighted by atomic mass is 9.94. The van der Waals surface area contributed by atoms with Crippen LogP contribution in [0.2, 0.25) is 0 Å². The molecule has 1 atom stereocenters. The van der Waals surface area contributed by atoms with Gasteiger partial charge in [-0.25, -0.2) is 13.8 Å². The molecule has 0 aliphatic carbocycles. The summed E-state index contributed by atoms with van der Waals surface area (Å²) in [6.45, 7) is 1.97. The Kier molecular flexibility index (Phi) is 7.14. The number of amidine groups is 1. The molecule has 0 fully saturated rings. The van der Waals surface area contributed by atoms with E-state index in [1.54, 1.807) is 18.2 Å². The fraction of sp³-hybridized carbons (Fsp3) is 0.161. The molecule has 4 aromatic carbocycles. The Balaban J connectivity index is 1.71. The van der Waals surface area contributed by atoms with Crippen molar-refractivity contribution in [1.29, 1.82) is 0 Å². The summed E-state index contributed by atoms with van der Waals surface area (Å²) in [5.74, 6) is -2.66. The van der Waals surface area contributed by atoms with Crippen molar-refractivity contribution in [3.63, 3.8) is 0 Å². The summed E-state index contributed by atoms with van der Waals surface area (Å²) in [6.07, 6.45) is -5.30. The van der Waals surface area contributed by atoms with Gasteiger partial charge >= 0.3 is 12.1 Å². The third-order valence-corrected chi connectivity index (χ3v) is 6.75. The minimum absolute atomic E-state index is 0.0384. The summed E-state index contributed by atoms with van der Waals surface area (Å²) >= 11 is 0. The van der Waals surface area contributed by atoms with Crippen molar-refractivity contribution in [2.24, 2.45) is 4.99 Å². The van der Waals surface area contributed by atoms with Gasteiger partial charge in [-0.3, -0.25) is 4.79 Å². The number of fused-ring (bicyclic) bond motifs is 1. The van der Waals surface area contributed by atoms with Crippen LogP contribution in [0, 0.1) is 18.6 Å². The predicted octanol–water partition coefficient (Wildman–Crippen LogP) is 8.16. The highest BCUT2D eigenvalue weighted by Crippen LogP contribution is 2.44. The van der Waals surface area contributed by atoms with E-state index in [9.17, 15) is 22.4 Å². The zero-order valence-electron chi connectivity index (χ0n) is 21.5. The average Bonchev–Trinajstić information content (AvgIpc) is 2.93. The van der Waals surface area contributed by atoms with Crippen LogP contribution in [-0.2, 0) is 15.7 Å². The zero-order valence-corrected chi connectivity index (χ0v) is 21.5. The molecule has 0 aromatic heterocycles. The van der Waals surface area contributed by atoms with Crippen molar-refractivity contribution in [2.45, 2.75) is 25.6 Å². The number of aryl methyl sites for hydroxylation is 1. The predicted molar refractivity (Wildman–Crippen MR) is 142 cm³/mol. The number of ether oxygens (including phenoxy) is 1. The Morgan fingerprint density at radius 1 is 0.875 bits per heavy atom. The molecule has 9 heteroatoms. The number of alkyl halides is 3. The number of anilines is 1. The minimum Gasteiger partial charge on any atom is -0.469 e. The van der Waals surface area contributed by atoms with Gasteiger partial charge in [0.2, 0.25) is 0 Å². The Hall–Kier alpha value is -4.53. The molecule has 0 saturated carbocycles. The highest BCUT2D eigenvalue weighted by Gasteiger charge is 2.38. The first-order valence-electron chi connectivity index (χ1n) is 12.3. The van der Waals surface area contributed by atoms with Gasteiger partial charge in [-0.1, -0.05) is 66.2 Å². The third kappa shape index (κ3) is 5.19. The number of esters is 1. The molecule has 0 bridgehead atoms. The van der Waals surface area contributed by atoms with Crippen LogP contribution in [0.25, 0.3) is 11.1 Å². The lowest BCUT2D eigenvalue weighted by Gasteiger charge is -2.38. The molecule has 0 saturated heterocycles. The van der Waals surface area contributed by atoms with Gasteiger partial charge in [0.05, 0.1) is 25.1 Å². The first kappa shape index (κ1) is 27.1. The molecule has 40 heavy (non-hydrogen) atoms. The van der Waals surface area contributed by atoms with Gasteiger partial charge in [-0.2, -0.15) is 13.2 Å². The van der Waals surface area contributed by atoms with Crippen molar-refractivity contribution < 1.29 is 31.5 Å². The van der Waals surface area contributed by atoms with Gasteiger partial charge in [-0.15, -0.1) is 0 Å². The normalized spacial score (nSPS) is 14.9. The monoisotopic (exact) mass is 550 g/mol. The second-order valence-corrected chi connectivity index (χ2v) is 9.39. The maximum Gasteiger partial charge on any atom is 0.419 e. The number of nitrogens with zero attached hydrogens (tertiary/aromatic N) is 2. The minimum atomic E-state index is -4.97. The van der Waals surface area contributed by atoms with E-state index in [0.717, 1.165) is 16.7 Å². The molecular formula is C31H23F5N2O2. The van der Waals surface area contributed by atoms with Gasteiger partial charge in [0, 0.05) is 16.8 Å². The molecule has 204 valence electrons. The molecule has 1 aliphatic rings. The van der Waals surface area contributed by atoms with E-state index >= 15 is 4.39 Å². The van der Waals surface area contributed by atoms with Crippen LogP contribution in [-0.4, -0.2) is 18.9 Å². The Labute approximate surface area is 227 Å². The van der Waals surface area contributed by atoms with E-state index in [-0.39, 0.29) is 29.2 Å². The number of para-hydroxylation sites is 1. The Morgan fingerprint density at radius 2 is 1.57 bits per heavy atom. The lowest BCUT2D eigenvalue weighted by Crippen LogP contribution is -2.39. The fourth-order valence-electron chi connectivity index (χ4n) is 4.83. The van der Waals surface area contributed by atoms with E-state index < -0.39 is 35.4 Å². The quantitative estimate of drug-likeness (QED) is 0.186. The summed E-state index contributed by atoms with van der Waals surface area (Å²) in [4.78, 5) is 18.4. The molecule has 1 unspecified atom stereocenters.